The first-order chi connectivity index (χ1) is 16.0. The number of fused-ring (bicyclic) bond motifs is 1. The number of hydrogen-bond donors (Lipinski definition) is 1. The molecule has 33 heavy (non-hydrogen) atoms. The predicted molar refractivity (Wildman–Crippen MR) is 130 cm³/mol. The Morgan fingerprint density at radius 2 is 1.94 bits per heavy atom. The molecule has 4 heterocycles. The Bertz CT molecular complexity index is 1270. The molecule has 3 aromatic heterocycles. The highest BCUT2D eigenvalue weighted by atomic mass is 35.5. The summed E-state index contributed by atoms with van der Waals surface area (Å²) in [4.78, 5) is 8.26. The lowest BCUT2D eigenvalue weighted by Gasteiger charge is -2.23. The lowest BCUT2D eigenvalue weighted by Crippen LogP contribution is -2.19. The molecule has 0 saturated carbocycles. The van der Waals surface area contributed by atoms with Crippen LogP contribution in [-0.4, -0.2) is 26.4 Å². The van der Waals surface area contributed by atoms with Gasteiger partial charge in [0, 0.05) is 41.7 Å². The van der Waals surface area contributed by atoms with Crippen LogP contribution >= 0.6 is 23.2 Å². The van der Waals surface area contributed by atoms with Gasteiger partial charge in [-0.1, -0.05) is 23.2 Å². The van der Waals surface area contributed by atoms with Crippen LogP contribution in [-0.2, 0) is 4.74 Å². The van der Waals surface area contributed by atoms with Crippen molar-refractivity contribution in [3.8, 4) is 17.0 Å². The third kappa shape index (κ3) is 4.36. The van der Waals surface area contributed by atoms with Gasteiger partial charge in [-0.2, -0.15) is 5.10 Å². The monoisotopic (exact) mass is 483 g/mol. The van der Waals surface area contributed by atoms with Gasteiger partial charge in [-0.25, -0.2) is 9.67 Å². The summed E-state index contributed by atoms with van der Waals surface area (Å²) in [6.45, 7) is 2.64. The molecular weight excluding hydrogens is 461 g/mol. The fourth-order valence-electron chi connectivity index (χ4n) is 4.16. The second-order valence-electron chi connectivity index (χ2n) is 8.04. The Balaban J connectivity index is 1.57. The second-order valence-corrected chi connectivity index (χ2v) is 8.86. The minimum atomic E-state index is -0.371. The van der Waals surface area contributed by atoms with Gasteiger partial charge >= 0.3 is 0 Å². The molecule has 0 amide bonds. The van der Waals surface area contributed by atoms with Gasteiger partial charge in [0.2, 0.25) is 0 Å². The van der Waals surface area contributed by atoms with Gasteiger partial charge in [0.25, 0.3) is 0 Å². The summed E-state index contributed by atoms with van der Waals surface area (Å²) in [5, 5.41) is 6.79. The Morgan fingerprint density at radius 3 is 2.64 bits per heavy atom. The molecule has 1 unspecified atom stereocenters. The number of nitrogen functional groups attached to an aromatic ring is 1. The zero-order valence-electron chi connectivity index (χ0n) is 18.0. The number of aromatic nitrogens is 4. The van der Waals surface area contributed by atoms with Gasteiger partial charge < -0.3 is 15.2 Å². The van der Waals surface area contributed by atoms with Crippen molar-refractivity contribution >= 4 is 39.9 Å². The van der Waals surface area contributed by atoms with Crippen LogP contribution < -0.4 is 10.5 Å². The largest absolute Gasteiger partial charge is 0.486 e. The highest BCUT2D eigenvalue weighted by molar-refractivity contribution is 6.35. The molecule has 0 aliphatic carbocycles. The molecule has 0 spiro atoms. The van der Waals surface area contributed by atoms with E-state index in [0.29, 0.717) is 27.2 Å². The summed E-state index contributed by atoms with van der Waals surface area (Å²) in [5.74, 6) is 1.13. The van der Waals surface area contributed by atoms with Crippen molar-refractivity contribution in [3.05, 3.63) is 64.5 Å². The molecule has 5 rings (SSSR count). The molecule has 9 heteroatoms. The van der Waals surface area contributed by atoms with E-state index in [9.17, 15) is 0 Å². The minimum Gasteiger partial charge on any atom is -0.486 e. The lowest BCUT2D eigenvalue weighted by molar-refractivity contribution is -0.0365. The minimum absolute atomic E-state index is 0.100. The zero-order chi connectivity index (χ0) is 22.9. The Labute approximate surface area is 201 Å². The van der Waals surface area contributed by atoms with E-state index in [-0.39, 0.29) is 12.3 Å². The Morgan fingerprint density at radius 1 is 1.12 bits per heavy atom. The van der Waals surface area contributed by atoms with Gasteiger partial charge in [0.15, 0.2) is 6.23 Å². The molecule has 2 atom stereocenters. The third-order valence-corrected chi connectivity index (χ3v) is 6.38. The molecule has 2 N–H and O–H groups in total. The summed E-state index contributed by atoms with van der Waals surface area (Å²) < 4.78 is 14.2. The predicted octanol–water partition coefficient (Wildman–Crippen LogP) is 6.22. The molecule has 0 bridgehead atoms. The zero-order valence-corrected chi connectivity index (χ0v) is 19.6. The molecule has 1 aliphatic rings. The quantitative estimate of drug-likeness (QED) is 0.362. The van der Waals surface area contributed by atoms with E-state index < -0.39 is 0 Å². The first kappa shape index (κ1) is 21.9. The SMILES string of the molecule is C[C@@H](Oc1ccc2c(c1)c(-c1ccc(N)nc1)nn2C1CCCCO1)c1c(Cl)cncc1Cl. The fraction of sp³-hybridized carbons (Fsp3) is 0.292. The maximum atomic E-state index is 6.32. The number of pyridine rings is 2. The van der Waals surface area contributed by atoms with Crippen molar-refractivity contribution in [2.24, 2.45) is 0 Å². The molecule has 170 valence electrons. The third-order valence-electron chi connectivity index (χ3n) is 5.78. The molecule has 0 radical (unpaired) electrons. The lowest BCUT2D eigenvalue weighted by atomic mass is 10.1. The number of nitrogens with two attached hydrogens (primary N) is 1. The summed E-state index contributed by atoms with van der Waals surface area (Å²) in [6.07, 6.45) is 7.48. The standard InChI is InChI=1S/C24H23Cl2N5O2/c1-14(23-18(25)12-28-13-19(23)26)33-16-6-7-20-17(10-16)24(15-5-8-21(27)29-11-15)30-31(20)22-4-2-3-9-32-22/h5-8,10-14,22H,2-4,9H2,1H3,(H2,27,29)/t14-,22?/m1/s1. The fourth-order valence-corrected chi connectivity index (χ4v) is 4.83. The van der Waals surface area contributed by atoms with E-state index in [1.54, 1.807) is 24.7 Å². The molecule has 1 aromatic carbocycles. The Kier molecular flexibility index (Phi) is 6.10. The number of ether oxygens (including phenoxy) is 2. The Hall–Kier alpha value is -2.87. The van der Waals surface area contributed by atoms with Crippen LogP contribution in [0.15, 0.2) is 48.9 Å². The smallest absolute Gasteiger partial charge is 0.150 e. The van der Waals surface area contributed by atoms with Crippen LogP contribution in [0.3, 0.4) is 0 Å². The number of halogens is 2. The van der Waals surface area contributed by atoms with Crippen molar-refractivity contribution in [1.82, 2.24) is 19.7 Å². The van der Waals surface area contributed by atoms with E-state index in [0.717, 1.165) is 48.0 Å². The van der Waals surface area contributed by atoms with Gasteiger partial charge in [-0.3, -0.25) is 4.98 Å². The summed E-state index contributed by atoms with van der Waals surface area (Å²) in [7, 11) is 0. The van der Waals surface area contributed by atoms with Crippen molar-refractivity contribution in [2.75, 3.05) is 12.3 Å². The molecule has 1 saturated heterocycles. The van der Waals surface area contributed by atoms with Crippen LogP contribution in [0.25, 0.3) is 22.2 Å². The number of nitrogens with zero attached hydrogens (tertiary/aromatic N) is 4. The van der Waals surface area contributed by atoms with E-state index in [1.165, 1.54) is 0 Å². The first-order valence-electron chi connectivity index (χ1n) is 10.8. The van der Waals surface area contributed by atoms with E-state index in [2.05, 4.69) is 9.97 Å². The van der Waals surface area contributed by atoms with Gasteiger partial charge in [-0.05, 0) is 56.5 Å². The van der Waals surface area contributed by atoms with Crippen LogP contribution in [0.5, 0.6) is 5.75 Å². The second kappa shape index (κ2) is 9.17. The van der Waals surface area contributed by atoms with Crippen LogP contribution in [0.2, 0.25) is 10.0 Å². The highest BCUT2D eigenvalue weighted by Gasteiger charge is 2.23. The number of rotatable bonds is 5. The molecular formula is C24H23Cl2N5O2. The van der Waals surface area contributed by atoms with Gasteiger partial charge in [0.05, 0.1) is 15.6 Å². The van der Waals surface area contributed by atoms with Crippen LogP contribution in [0.1, 0.15) is 44.1 Å². The average Bonchev–Trinajstić information content (AvgIpc) is 3.19. The van der Waals surface area contributed by atoms with Gasteiger partial charge in [0.1, 0.15) is 23.4 Å². The van der Waals surface area contributed by atoms with E-state index >= 15 is 0 Å². The van der Waals surface area contributed by atoms with Crippen LogP contribution in [0, 0.1) is 0 Å². The maximum absolute atomic E-state index is 6.32. The summed E-state index contributed by atoms with van der Waals surface area (Å²) in [5.41, 5.74) is 9.12. The molecule has 7 nitrogen and oxygen atoms in total. The van der Waals surface area contributed by atoms with Crippen LogP contribution in [0.4, 0.5) is 5.82 Å². The van der Waals surface area contributed by atoms with E-state index in [4.69, 9.17) is 43.5 Å². The van der Waals surface area contributed by atoms with Crippen molar-refractivity contribution in [3.63, 3.8) is 0 Å². The topological polar surface area (TPSA) is 88.1 Å². The summed E-state index contributed by atoms with van der Waals surface area (Å²) in [6, 6.07) is 9.60. The number of hydrogen-bond acceptors (Lipinski definition) is 6. The molecule has 4 aromatic rings. The first-order valence-corrected chi connectivity index (χ1v) is 11.6. The number of anilines is 1. The molecule has 1 fully saturated rings. The van der Waals surface area contributed by atoms with E-state index in [1.807, 2.05) is 35.9 Å². The van der Waals surface area contributed by atoms with Crippen molar-refractivity contribution in [2.45, 2.75) is 38.5 Å². The maximum Gasteiger partial charge on any atom is 0.150 e. The highest BCUT2D eigenvalue weighted by Crippen LogP contribution is 2.37. The normalized spacial score (nSPS) is 17.2. The summed E-state index contributed by atoms with van der Waals surface area (Å²) >= 11 is 12.6. The van der Waals surface area contributed by atoms with Crippen molar-refractivity contribution in [1.29, 1.82) is 0 Å². The number of benzene rings is 1. The average molecular weight is 484 g/mol. The van der Waals surface area contributed by atoms with Crippen molar-refractivity contribution < 1.29 is 9.47 Å². The molecule has 1 aliphatic heterocycles. The van der Waals surface area contributed by atoms with Gasteiger partial charge in [-0.15, -0.1) is 0 Å².